The Balaban J connectivity index is 2.23. The third kappa shape index (κ3) is 3.01. The van der Waals surface area contributed by atoms with Crippen LogP contribution >= 0.6 is 0 Å². The van der Waals surface area contributed by atoms with Crippen LogP contribution in [-0.4, -0.2) is 40.1 Å². The van der Waals surface area contributed by atoms with Gasteiger partial charge in [0.05, 0.1) is 11.0 Å². The summed E-state index contributed by atoms with van der Waals surface area (Å²) in [4.78, 5) is 25.7. The quantitative estimate of drug-likeness (QED) is 0.893. The van der Waals surface area contributed by atoms with Crippen molar-refractivity contribution in [2.45, 2.75) is 32.6 Å². The summed E-state index contributed by atoms with van der Waals surface area (Å²) in [6, 6.07) is 6.37. The van der Waals surface area contributed by atoms with Gasteiger partial charge in [-0.05, 0) is 31.4 Å². The van der Waals surface area contributed by atoms with E-state index in [9.17, 15) is 19.8 Å². The average molecular weight is 291 g/mol. The zero-order chi connectivity index (χ0) is 15.5. The number of likely N-dealkylation sites (tertiary alicyclic amines) is 1. The molecule has 0 aromatic heterocycles. The van der Waals surface area contributed by atoms with E-state index in [4.69, 9.17) is 0 Å². The highest BCUT2D eigenvalue weighted by Crippen LogP contribution is 2.36. The Labute approximate surface area is 124 Å². The van der Waals surface area contributed by atoms with Crippen LogP contribution in [0.1, 0.15) is 43.0 Å². The standard InChI is InChI=1S/C16H21NO4/c1-2-8-16(15(20)21)9-5-10-17(11-16)14(19)12-6-3-4-7-13(12)18/h3-4,6-7,18H,2,5,8-11H2,1H3,(H,20,21). The molecule has 1 aliphatic heterocycles. The van der Waals surface area contributed by atoms with Crippen molar-refractivity contribution in [1.29, 1.82) is 0 Å². The lowest BCUT2D eigenvalue weighted by atomic mass is 9.76. The van der Waals surface area contributed by atoms with Gasteiger partial charge in [-0.1, -0.05) is 25.5 Å². The number of phenolic OH excluding ortho intramolecular Hbond substituents is 1. The van der Waals surface area contributed by atoms with E-state index < -0.39 is 11.4 Å². The fraction of sp³-hybridized carbons (Fsp3) is 0.500. The van der Waals surface area contributed by atoms with Crippen molar-refractivity contribution in [3.05, 3.63) is 29.8 Å². The minimum atomic E-state index is -0.854. The maximum atomic E-state index is 12.5. The summed E-state index contributed by atoms with van der Waals surface area (Å²) >= 11 is 0. The van der Waals surface area contributed by atoms with Gasteiger partial charge < -0.3 is 15.1 Å². The van der Waals surface area contributed by atoms with E-state index in [-0.39, 0.29) is 23.8 Å². The molecule has 1 saturated heterocycles. The van der Waals surface area contributed by atoms with Crippen molar-refractivity contribution in [2.24, 2.45) is 5.41 Å². The maximum Gasteiger partial charge on any atom is 0.311 e. The molecule has 114 valence electrons. The number of carbonyl (C=O) groups is 2. The first kappa shape index (κ1) is 15.4. The number of benzene rings is 1. The second-order valence-electron chi connectivity index (χ2n) is 5.68. The molecule has 0 radical (unpaired) electrons. The minimum Gasteiger partial charge on any atom is -0.507 e. The van der Waals surface area contributed by atoms with E-state index in [1.54, 1.807) is 23.1 Å². The largest absolute Gasteiger partial charge is 0.507 e. The molecule has 1 heterocycles. The molecule has 1 aromatic carbocycles. The SMILES string of the molecule is CCCC1(C(=O)O)CCCN(C(=O)c2ccccc2O)C1. The third-order valence-electron chi connectivity index (χ3n) is 4.18. The number of carboxylic acids is 1. The van der Waals surface area contributed by atoms with Crippen molar-refractivity contribution in [3.8, 4) is 5.75 Å². The van der Waals surface area contributed by atoms with E-state index in [0.717, 1.165) is 6.42 Å². The van der Waals surface area contributed by atoms with Crippen LogP contribution in [0, 0.1) is 5.41 Å². The molecule has 1 unspecified atom stereocenters. The van der Waals surface area contributed by atoms with Crippen LogP contribution in [0.3, 0.4) is 0 Å². The van der Waals surface area contributed by atoms with Crippen molar-refractivity contribution >= 4 is 11.9 Å². The summed E-state index contributed by atoms with van der Waals surface area (Å²) in [6.45, 7) is 2.70. The lowest BCUT2D eigenvalue weighted by Crippen LogP contribution is -2.49. The fourth-order valence-corrected chi connectivity index (χ4v) is 3.09. The number of aliphatic carboxylic acids is 1. The number of hydrogen-bond acceptors (Lipinski definition) is 3. The van der Waals surface area contributed by atoms with Gasteiger partial charge in [-0.15, -0.1) is 0 Å². The third-order valence-corrected chi connectivity index (χ3v) is 4.18. The van der Waals surface area contributed by atoms with Gasteiger partial charge in [0.25, 0.3) is 5.91 Å². The van der Waals surface area contributed by atoms with Crippen molar-refractivity contribution in [1.82, 2.24) is 4.90 Å². The molecule has 2 N–H and O–H groups in total. The van der Waals surface area contributed by atoms with Crippen LogP contribution < -0.4 is 0 Å². The Morgan fingerprint density at radius 1 is 1.33 bits per heavy atom. The maximum absolute atomic E-state index is 12.5. The van der Waals surface area contributed by atoms with Crippen molar-refractivity contribution in [3.63, 3.8) is 0 Å². The lowest BCUT2D eigenvalue weighted by Gasteiger charge is -2.40. The zero-order valence-electron chi connectivity index (χ0n) is 12.2. The second-order valence-corrected chi connectivity index (χ2v) is 5.68. The van der Waals surface area contributed by atoms with E-state index in [1.807, 2.05) is 6.92 Å². The topological polar surface area (TPSA) is 77.8 Å². The van der Waals surface area contributed by atoms with Crippen LogP contribution in [0.2, 0.25) is 0 Å². The van der Waals surface area contributed by atoms with Crippen LogP contribution in [-0.2, 0) is 4.79 Å². The van der Waals surface area contributed by atoms with Gasteiger partial charge in [0.1, 0.15) is 5.75 Å². The first-order chi connectivity index (χ1) is 10.00. The highest BCUT2D eigenvalue weighted by Gasteiger charge is 2.43. The molecule has 1 aromatic rings. The summed E-state index contributed by atoms with van der Waals surface area (Å²) in [7, 11) is 0. The number of para-hydroxylation sites is 1. The van der Waals surface area contributed by atoms with Crippen molar-refractivity contribution < 1.29 is 19.8 Å². The second kappa shape index (κ2) is 6.16. The van der Waals surface area contributed by atoms with Gasteiger partial charge in [0.15, 0.2) is 0 Å². The predicted molar refractivity (Wildman–Crippen MR) is 78.2 cm³/mol. The van der Waals surface area contributed by atoms with E-state index in [2.05, 4.69) is 0 Å². The van der Waals surface area contributed by atoms with Gasteiger partial charge in [-0.3, -0.25) is 9.59 Å². The normalized spacial score (nSPS) is 22.0. The number of hydrogen-bond donors (Lipinski definition) is 2. The van der Waals surface area contributed by atoms with Gasteiger partial charge in [-0.25, -0.2) is 0 Å². The smallest absolute Gasteiger partial charge is 0.311 e. The molecule has 21 heavy (non-hydrogen) atoms. The molecule has 0 aliphatic carbocycles. The average Bonchev–Trinajstić information content (AvgIpc) is 2.47. The Kier molecular flexibility index (Phi) is 4.50. The van der Waals surface area contributed by atoms with Gasteiger partial charge in [0.2, 0.25) is 0 Å². The molecular formula is C16H21NO4. The molecule has 1 atom stereocenters. The molecule has 0 bridgehead atoms. The summed E-state index contributed by atoms with van der Waals surface area (Å²) in [6.07, 6.45) is 2.60. The number of nitrogens with zero attached hydrogens (tertiary/aromatic N) is 1. The highest BCUT2D eigenvalue weighted by atomic mass is 16.4. The fourth-order valence-electron chi connectivity index (χ4n) is 3.09. The number of phenols is 1. The van der Waals surface area contributed by atoms with Crippen LogP contribution in [0.15, 0.2) is 24.3 Å². The molecule has 5 heteroatoms. The molecule has 1 fully saturated rings. The molecule has 0 spiro atoms. The van der Waals surface area contributed by atoms with Gasteiger partial charge >= 0.3 is 5.97 Å². The van der Waals surface area contributed by atoms with E-state index in [1.165, 1.54) is 6.07 Å². The predicted octanol–water partition coefficient (Wildman–Crippen LogP) is 2.50. The Morgan fingerprint density at radius 3 is 2.67 bits per heavy atom. The van der Waals surface area contributed by atoms with Gasteiger partial charge in [-0.2, -0.15) is 0 Å². The molecular weight excluding hydrogens is 270 g/mol. The van der Waals surface area contributed by atoms with Crippen LogP contribution in [0.4, 0.5) is 0 Å². The molecule has 5 nitrogen and oxygen atoms in total. The Morgan fingerprint density at radius 2 is 2.05 bits per heavy atom. The number of carbonyl (C=O) groups excluding carboxylic acids is 1. The first-order valence-corrected chi connectivity index (χ1v) is 7.31. The number of piperidine rings is 1. The monoisotopic (exact) mass is 291 g/mol. The lowest BCUT2D eigenvalue weighted by molar-refractivity contribution is -0.152. The summed E-state index contributed by atoms with van der Waals surface area (Å²) in [5.74, 6) is -1.20. The number of amides is 1. The molecule has 0 saturated carbocycles. The number of rotatable bonds is 4. The number of carboxylic acid groups (broad SMARTS) is 1. The van der Waals surface area contributed by atoms with E-state index in [0.29, 0.717) is 25.8 Å². The minimum absolute atomic E-state index is 0.0653. The molecule has 1 aliphatic rings. The first-order valence-electron chi connectivity index (χ1n) is 7.31. The number of aromatic hydroxyl groups is 1. The van der Waals surface area contributed by atoms with Crippen molar-refractivity contribution in [2.75, 3.05) is 13.1 Å². The summed E-state index contributed by atoms with van der Waals surface area (Å²) in [5.41, 5.74) is -0.622. The zero-order valence-corrected chi connectivity index (χ0v) is 12.2. The highest BCUT2D eigenvalue weighted by molar-refractivity contribution is 5.97. The van der Waals surface area contributed by atoms with E-state index >= 15 is 0 Å². The van der Waals surface area contributed by atoms with Crippen LogP contribution in [0.25, 0.3) is 0 Å². The Hall–Kier alpha value is -2.04. The molecule has 2 rings (SSSR count). The van der Waals surface area contributed by atoms with Gasteiger partial charge in [0, 0.05) is 13.1 Å². The summed E-state index contributed by atoms with van der Waals surface area (Å²) in [5, 5.41) is 19.3. The Bertz CT molecular complexity index is 539. The molecule has 1 amide bonds. The van der Waals surface area contributed by atoms with Crippen LogP contribution in [0.5, 0.6) is 5.75 Å². The summed E-state index contributed by atoms with van der Waals surface area (Å²) < 4.78 is 0.